The van der Waals surface area contributed by atoms with Crippen LogP contribution < -0.4 is 20.9 Å². The quantitative estimate of drug-likeness (QED) is 0.213. The molecule has 150 valence electrons. The molecule has 2 aromatic carbocycles. The molecule has 0 saturated heterocycles. The van der Waals surface area contributed by atoms with E-state index in [1.54, 1.807) is 42.5 Å². The number of benzene rings is 2. The van der Waals surface area contributed by atoms with Gasteiger partial charge in [0.15, 0.2) is 17.4 Å². The number of rotatable bonds is 6. The smallest absolute Gasteiger partial charge is 0.171 e. The molecule has 0 aliphatic rings. The van der Waals surface area contributed by atoms with E-state index in [0.717, 1.165) is 0 Å². The Morgan fingerprint density at radius 3 is 1.90 bits per heavy atom. The number of oxime groups is 2. The van der Waals surface area contributed by atoms with Crippen LogP contribution in [-0.4, -0.2) is 41.5 Å². The summed E-state index contributed by atoms with van der Waals surface area (Å²) in [6.45, 7) is 0. The second kappa shape index (κ2) is 8.21. The van der Waals surface area contributed by atoms with Crippen LogP contribution >= 0.6 is 0 Å². The van der Waals surface area contributed by atoms with E-state index < -0.39 is 0 Å². The number of hydrogen-bond donors (Lipinski definition) is 4. The van der Waals surface area contributed by atoms with Crippen molar-refractivity contribution in [2.45, 2.75) is 0 Å². The summed E-state index contributed by atoms with van der Waals surface area (Å²) in [4.78, 5) is 0. The largest absolute Gasteiger partial charge is 0.496 e. The second-order valence-corrected chi connectivity index (χ2v) is 5.88. The average molecular weight is 397 g/mol. The van der Waals surface area contributed by atoms with Crippen LogP contribution in [-0.2, 0) is 0 Å². The van der Waals surface area contributed by atoms with Gasteiger partial charge in [0.2, 0.25) is 0 Å². The minimum atomic E-state index is -0.0383. The molecule has 3 aromatic rings. The predicted molar refractivity (Wildman–Crippen MR) is 106 cm³/mol. The summed E-state index contributed by atoms with van der Waals surface area (Å²) in [7, 11) is 3.01. The summed E-state index contributed by atoms with van der Waals surface area (Å²) in [6, 6.07) is 11.8. The SMILES string of the molecule is COc1cc(C(N)=NO)ccc1-c1cc(-c2ccc(C(N)=NO)cc2OC)on1. The van der Waals surface area contributed by atoms with Gasteiger partial charge in [-0.15, -0.1) is 0 Å². The molecule has 0 fully saturated rings. The first-order valence-electron chi connectivity index (χ1n) is 8.31. The summed E-state index contributed by atoms with van der Waals surface area (Å²) in [5.41, 5.74) is 14.0. The fourth-order valence-corrected chi connectivity index (χ4v) is 2.76. The normalized spacial score (nSPS) is 12.1. The van der Waals surface area contributed by atoms with Gasteiger partial charge in [-0.05, 0) is 24.3 Å². The summed E-state index contributed by atoms with van der Waals surface area (Å²) < 4.78 is 16.3. The summed E-state index contributed by atoms with van der Waals surface area (Å²) >= 11 is 0. The van der Waals surface area contributed by atoms with Gasteiger partial charge in [-0.2, -0.15) is 0 Å². The summed E-state index contributed by atoms with van der Waals surface area (Å²) in [5.74, 6) is 1.31. The van der Waals surface area contributed by atoms with E-state index in [-0.39, 0.29) is 11.7 Å². The minimum Gasteiger partial charge on any atom is -0.496 e. The topological polar surface area (TPSA) is 162 Å². The second-order valence-electron chi connectivity index (χ2n) is 5.88. The van der Waals surface area contributed by atoms with Crippen molar-refractivity contribution in [2.24, 2.45) is 21.8 Å². The first-order chi connectivity index (χ1) is 14.0. The Kier molecular flexibility index (Phi) is 5.54. The molecule has 0 aliphatic carbocycles. The maximum Gasteiger partial charge on any atom is 0.171 e. The fraction of sp³-hybridized carbons (Fsp3) is 0.105. The third-order valence-electron chi connectivity index (χ3n) is 4.26. The number of ether oxygens (including phenoxy) is 2. The first kappa shape index (κ1) is 19.5. The number of aromatic nitrogens is 1. The van der Waals surface area contributed by atoms with Crippen LogP contribution in [0.1, 0.15) is 11.1 Å². The average Bonchev–Trinajstić information content (AvgIpc) is 3.26. The molecular weight excluding hydrogens is 378 g/mol. The van der Waals surface area contributed by atoms with Crippen LogP contribution in [0.25, 0.3) is 22.6 Å². The van der Waals surface area contributed by atoms with Crippen molar-refractivity contribution in [1.82, 2.24) is 5.16 Å². The van der Waals surface area contributed by atoms with Crippen molar-refractivity contribution in [3.63, 3.8) is 0 Å². The maximum atomic E-state index is 8.84. The third kappa shape index (κ3) is 3.76. The molecule has 6 N–H and O–H groups in total. The van der Waals surface area contributed by atoms with Gasteiger partial charge in [0.05, 0.1) is 19.8 Å². The molecule has 29 heavy (non-hydrogen) atoms. The molecular formula is C19H19N5O5. The number of nitrogens with zero attached hydrogens (tertiary/aromatic N) is 3. The van der Waals surface area contributed by atoms with Gasteiger partial charge in [-0.1, -0.05) is 27.6 Å². The van der Waals surface area contributed by atoms with E-state index in [2.05, 4.69) is 15.5 Å². The predicted octanol–water partition coefficient (Wildman–Crippen LogP) is 2.21. The van der Waals surface area contributed by atoms with Gasteiger partial charge in [-0.3, -0.25) is 0 Å². The van der Waals surface area contributed by atoms with Crippen molar-refractivity contribution in [1.29, 1.82) is 0 Å². The molecule has 1 heterocycles. The highest BCUT2D eigenvalue weighted by molar-refractivity contribution is 5.99. The van der Waals surface area contributed by atoms with E-state index in [4.69, 9.17) is 35.9 Å². The molecule has 0 spiro atoms. The van der Waals surface area contributed by atoms with Crippen molar-refractivity contribution in [3.8, 4) is 34.1 Å². The lowest BCUT2D eigenvalue weighted by atomic mass is 10.0. The third-order valence-corrected chi connectivity index (χ3v) is 4.26. The lowest BCUT2D eigenvalue weighted by Gasteiger charge is -2.08. The first-order valence-corrected chi connectivity index (χ1v) is 8.31. The molecule has 0 bridgehead atoms. The number of nitrogens with two attached hydrogens (primary N) is 2. The highest BCUT2D eigenvalue weighted by Crippen LogP contribution is 2.36. The Morgan fingerprint density at radius 1 is 0.862 bits per heavy atom. The van der Waals surface area contributed by atoms with Crippen LogP contribution in [0.5, 0.6) is 11.5 Å². The van der Waals surface area contributed by atoms with Crippen molar-refractivity contribution >= 4 is 11.7 Å². The molecule has 0 radical (unpaired) electrons. The van der Waals surface area contributed by atoms with E-state index >= 15 is 0 Å². The molecule has 0 saturated carbocycles. The fourth-order valence-electron chi connectivity index (χ4n) is 2.76. The molecule has 10 heteroatoms. The Balaban J connectivity index is 2.02. The zero-order valence-electron chi connectivity index (χ0n) is 15.7. The van der Waals surface area contributed by atoms with Gasteiger partial charge < -0.3 is 35.9 Å². The number of hydrogen-bond acceptors (Lipinski definition) is 8. The highest BCUT2D eigenvalue weighted by Gasteiger charge is 2.17. The summed E-state index contributed by atoms with van der Waals surface area (Å²) in [6.07, 6.45) is 0. The van der Waals surface area contributed by atoms with Crippen molar-refractivity contribution in [2.75, 3.05) is 14.2 Å². The Hall–Kier alpha value is -4.21. The number of methoxy groups -OCH3 is 2. The van der Waals surface area contributed by atoms with Crippen LogP contribution in [0, 0.1) is 0 Å². The van der Waals surface area contributed by atoms with Crippen LogP contribution in [0.15, 0.2) is 57.3 Å². The Morgan fingerprint density at radius 2 is 1.38 bits per heavy atom. The van der Waals surface area contributed by atoms with Crippen LogP contribution in [0.2, 0.25) is 0 Å². The minimum absolute atomic E-state index is 0.0359. The highest BCUT2D eigenvalue weighted by atomic mass is 16.5. The van der Waals surface area contributed by atoms with E-state index in [9.17, 15) is 0 Å². The molecule has 0 aliphatic heterocycles. The summed E-state index contributed by atoms with van der Waals surface area (Å²) in [5, 5.41) is 27.7. The van der Waals surface area contributed by atoms with Crippen molar-refractivity contribution in [3.05, 3.63) is 53.6 Å². The lowest BCUT2D eigenvalue weighted by Crippen LogP contribution is -2.13. The molecule has 1 aromatic heterocycles. The Labute approximate surface area is 165 Å². The zero-order valence-corrected chi connectivity index (χ0v) is 15.7. The molecule has 0 atom stereocenters. The molecule has 10 nitrogen and oxygen atoms in total. The van der Waals surface area contributed by atoms with E-state index in [1.165, 1.54) is 14.2 Å². The van der Waals surface area contributed by atoms with Crippen molar-refractivity contribution < 1.29 is 24.4 Å². The van der Waals surface area contributed by atoms with Gasteiger partial charge >= 0.3 is 0 Å². The monoisotopic (exact) mass is 397 g/mol. The van der Waals surface area contributed by atoms with Gasteiger partial charge in [0.1, 0.15) is 17.2 Å². The zero-order chi connectivity index (χ0) is 21.0. The molecule has 3 rings (SSSR count). The maximum absolute atomic E-state index is 8.84. The van der Waals surface area contributed by atoms with Gasteiger partial charge in [0, 0.05) is 22.8 Å². The molecule has 0 amide bonds. The van der Waals surface area contributed by atoms with Gasteiger partial charge in [-0.25, -0.2) is 0 Å². The number of amidine groups is 2. The lowest BCUT2D eigenvalue weighted by molar-refractivity contribution is 0.318. The standard InChI is InChI=1S/C19H19N5O5/c1-27-15-7-10(18(20)22-25)3-5-12(15)14-9-17(29-24-14)13-6-4-11(19(21)23-26)8-16(13)28-2/h3-9,25-26H,1-2H3,(H2,20,22)(H2,21,23). The van der Waals surface area contributed by atoms with Crippen LogP contribution in [0.4, 0.5) is 0 Å². The Bertz CT molecular complexity index is 1010. The van der Waals surface area contributed by atoms with E-state index in [0.29, 0.717) is 45.2 Å². The van der Waals surface area contributed by atoms with E-state index in [1.807, 2.05) is 0 Å². The van der Waals surface area contributed by atoms with Gasteiger partial charge in [0.25, 0.3) is 0 Å². The van der Waals surface area contributed by atoms with Crippen LogP contribution in [0.3, 0.4) is 0 Å². The molecule has 0 unspecified atom stereocenters.